The SMILES string of the molecule is Cc1ccc(N=C2C(c3ccc(C)cc3)=C3C(=Nc4ccc(Cl)cc43)N2C(C)(C)C)cc1. The molecule has 0 aliphatic carbocycles. The fourth-order valence-corrected chi connectivity index (χ4v) is 4.48. The van der Waals surface area contributed by atoms with Gasteiger partial charge >= 0.3 is 0 Å². The van der Waals surface area contributed by atoms with Crippen molar-refractivity contribution in [2.24, 2.45) is 9.98 Å². The van der Waals surface area contributed by atoms with E-state index in [2.05, 4.69) is 88.0 Å². The minimum atomic E-state index is -0.216. The molecule has 0 unspecified atom stereocenters. The zero-order chi connectivity index (χ0) is 22.6. The molecule has 4 heteroatoms. The molecule has 2 heterocycles. The third-order valence-corrected chi connectivity index (χ3v) is 6.09. The molecule has 3 nitrogen and oxygen atoms in total. The molecule has 0 radical (unpaired) electrons. The van der Waals surface area contributed by atoms with Crippen LogP contribution in [-0.2, 0) is 0 Å². The first-order valence-corrected chi connectivity index (χ1v) is 11.3. The van der Waals surface area contributed by atoms with Gasteiger partial charge in [0.05, 0.1) is 11.4 Å². The molecule has 0 aromatic heterocycles. The molecule has 0 amide bonds. The highest BCUT2D eigenvalue weighted by Crippen LogP contribution is 2.48. The molecule has 0 spiro atoms. The molecule has 0 saturated carbocycles. The lowest BCUT2D eigenvalue weighted by Gasteiger charge is -2.34. The normalized spacial score (nSPS) is 16.5. The van der Waals surface area contributed by atoms with Crippen LogP contribution in [0.3, 0.4) is 0 Å². The molecule has 0 saturated heterocycles. The van der Waals surface area contributed by atoms with Gasteiger partial charge in [-0.3, -0.25) is 0 Å². The average molecular weight is 440 g/mol. The molecule has 5 rings (SSSR count). The topological polar surface area (TPSA) is 28.0 Å². The average Bonchev–Trinajstić information content (AvgIpc) is 3.23. The van der Waals surface area contributed by atoms with Crippen molar-refractivity contribution in [3.05, 3.63) is 94.0 Å². The maximum atomic E-state index is 6.42. The molecule has 160 valence electrons. The van der Waals surface area contributed by atoms with Gasteiger partial charge in [-0.25, -0.2) is 9.98 Å². The summed E-state index contributed by atoms with van der Waals surface area (Å²) in [6.45, 7) is 10.8. The van der Waals surface area contributed by atoms with Crippen LogP contribution in [0.5, 0.6) is 0 Å². The van der Waals surface area contributed by atoms with Gasteiger partial charge in [-0.15, -0.1) is 0 Å². The number of aliphatic imine (C=N–C) groups is 2. The first-order chi connectivity index (χ1) is 15.2. The lowest BCUT2D eigenvalue weighted by Crippen LogP contribution is -2.46. The number of amidine groups is 2. The number of benzene rings is 3. The highest BCUT2D eigenvalue weighted by molar-refractivity contribution is 6.54. The van der Waals surface area contributed by atoms with E-state index in [1.807, 2.05) is 18.2 Å². The fraction of sp³-hybridized carbons (Fsp3) is 0.214. The summed E-state index contributed by atoms with van der Waals surface area (Å²) in [5.41, 5.74) is 8.50. The van der Waals surface area contributed by atoms with E-state index in [0.29, 0.717) is 5.02 Å². The third kappa shape index (κ3) is 3.47. The van der Waals surface area contributed by atoms with E-state index in [9.17, 15) is 0 Å². The number of hydrogen-bond acceptors (Lipinski definition) is 2. The van der Waals surface area contributed by atoms with E-state index in [0.717, 1.165) is 45.3 Å². The van der Waals surface area contributed by atoms with Gasteiger partial charge in [0.15, 0.2) is 0 Å². The Morgan fingerprint density at radius 2 is 1.44 bits per heavy atom. The number of rotatable bonds is 2. The minimum absolute atomic E-state index is 0.216. The number of halogens is 1. The van der Waals surface area contributed by atoms with Crippen LogP contribution in [0, 0.1) is 13.8 Å². The highest BCUT2D eigenvalue weighted by atomic mass is 35.5. The van der Waals surface area contributed by atoms with Gasteiger partial charge < -0.3 is 4.90 Å². The first-order valence-electron chi connectivity index (χ1n) is 10.9. The second-order valence-electron chi connectivity index (χ2n) is 9.49. The van der Waals surface area contributed by atoms with E-state index < -0.39 is 0 Å². The van der Waals surface area contributed by atoms with Crippen LogP contribution in [0.15, 0.2) is 76.7 Å². The van der Waals surface area contributed by atoms with Gasteiger partial charge in [-0.05, 0) is 70.5 Å². The van der Waals surface area contributed by atoms with E-state index in [-0.39, 0.29) is 5.54 Å². The van der Waals surface area contributed by atoms with E-state index in [1.165, 1.54) is 11.1 Å². The summed E-state index contributed by atoms with van der Waals surface area (Å²) in [5, 5.41) is 0.710. The van der Waals surface area contributed by atoms with Crippen molar-refractivity contribution < 1.29 is 0 Å². The van der Waals surface area contributed by atoms with E-state index >= 15 is 0 Å². The van der Waals surface area contributed by atoms with Gasteiger partial charge in [0, 0.05) is 27.3 Å². The van der Waals surface area contributed by atoms with Gasteiger partial charge in [0.1, 0.15) is 11.7 Å². The monoisotopic (exact) mass is 439 g/mol. The Bertz CT molecular complexity index is 1300. The predicted molar refractivity (Wildman–Crippen MR) is 136 cm³/mol. The van der Waals surface area contributed by atoms with Crippen LogP contribution in [-0.4, -0.2) is 22.1 Å². The summed E-state index contributed by atoms with van der Waals surface area (Å²) in [6, 6.07) is 22.9. The van der Waals surface area contributed by atoms with Crippen molar-refractivity contribution in [2.75, 3.05) is 0 Å². The number of aryl methyl sites for hydroxylation is 2. The summed E-state index contributed by atoms with van der Waals surface area (Å²) in [5.74, 6) is 1.86. The van der Waals surface area contributed by atoms with Gasteiger partial charge in [0.25, 0.3) is 0 Å². The molecular weight excluding hydrogens is 414 g/mol. The maximum absolute atomic E-state index is 6.42. The summed E-state index contributed by atoms with van der Waals surface area (Å²) >= 11 is 6.42. The Labute approximate surface area is 194 Å². The summed E-state index contributed by atoms with van der Waals surface area (Å²) < 4.78 is 0. The summed E-state index contributed by atoms with van der Waals surface area (Å²) in [6.07, 6.45) is 0. The van der Waals surface area contributed by atoms with Crippen molar-refractivity contribution in [2.45, 2.75) is 40.2 Å². The van der Waals surface area contributed by atoms with Crippen molar-refractivity contribution in [3.8, 4) is 0 Å². The largest absolute Gasteiger partial charge is 0.305 e. The Morgan fingerprint density at radius 3 is 2.06 bits per heavy atom. The molecule has 32 heavy (non-hydrogen) atoms. The van der Waals surface area contributed by atoms with E-state index in [1.54, 1.807) is 0 Å². The Morgan fingerprint density at radius 1 is 0.812 bits per heavy atom. The summed E-state index contributed by atoms with van der Waals surface area (Å²) in [7, 11) is 0. The molecular formula is C28H26ClN3. The second kappa shape index (κ2) is 7.46. The van der Waals surface area contributed by atoms with Crippen LogP contribution in [0.1, 0.15) is 43.0 Å². The molecule has 0 fully saturated rings. The molecule has 2 aliphatic heterocycles. The molecule has 0 bridgehead atoms. The van der Waals surface area contributed by atoms with Crippen molar-refractivity contribution in [3.63, 3.8) is 0 Å². The summed E-state index contributed by atoms with van der Waals surface area (Å²) in [4.78, 5) is 12.5. The van der Waals surface area contributed by atoms with Crippen LogP contribution in [0.25, 0.3) is 11.1 Å². The third-order valence-electron chi connectivity index (χ3n) is 5.86. The fourth-order valence-electron chi connectivity index (χ4n) is 4.31. The first kappa shape index (κ1) is 20.7. The van der Waals surface area contributed by atoms with Gasteiger partial charge in [0.2, 0.25) is 0 Å². The molecule has 3 aromatic rings. The minimum Gasteiger partial charge on any atom is -0.305 e. The smallest absolute Gasteiger partial charge is 0.144 e. The highest BCUT2D eigenvalue weighted by Gasteiger charge is 2.44. The lowest BCUT2D eigenvalue weighted by atomic mass is 9.96. The lowest BCUT2D eigenvalue weighted by molar-refractivity contribution is 0.350. The molecule has 0 atom stereocenters. The zero-order valence-electron chi connectivity index (χ0n) is 19.1. The van der Waals surface area contributed by atoms with Gasteiger partial charge in [-0.1, -0.05) is 59.1 Å². The number of fused-ring (bicyclic) bond motifs is 3. The van der Waals surface area contributed by atoms with Crippen LogP contribution < -0.4 is 0 Å². The van der Waals surface area contributed by atoms with Crippen LogP contribution >= 0.6 is 11.6 Å². The van der Waals surface area contributed by atoms with Crippen LogP contribution in [0.2, 0.25) is 5.02 Å². The van der Waals surface area contributed by atoms with Crippen molar-refractivity contribution in [1.29, 1.82) is 0 Å². The number of hydrogen-bond donors (Lipinski definition) is 0. The van der Waals surface area contributed by atoms with Crippen molar-refractivity contribution >= 4 is 45.8 Å². The molecule has 3 aromatic carbocycles. The second-order valence-corrected chi connectivity index (χ2v) is 9.93. The zero-order valence-corrected chi connectivity index (χ0v) is 19.8. The van der Waals surface area contributed by atoms with Crippen LogP contribution in [0.4, 0.5) is 11.4 Å². The maximum Gasteiger partial charge on any atom is 0.144 e. The number of nitrogens with zero attached hydrogens (tertiary/aromatic N) is 3. The molecule has 0 N–H and O–H groups in total. The predicted octanol–water partition coefficient (Wildman–Crippen LogP) is 7.76. The quantitative estimate of drug-likeness (QED) is 0.401. The standard InChI is InChI=1S/C28H26ClN3/c1-17-6-10-19(11-7-17)24-25-22-16-20(29)12-15-23(22)31-27(25)32(28(3,4)5)26(24)30-21-13-8-18(2)9-14-21/h6-16H,1-5H3. The molecule has 2 aliphatic rings. The van der Waals surface area contributed by atoms with Crippen molar-refractivity contribution in [1.82, 2.24) is 4.90 Å². The van der Waals surface area contributed by atoms with E-state index in [4.69, 9.17) is 21.6 Å². The Hall–Kier alpha value is -3.17. The van der Waals surface area contributed by atoms with Gasteiger partial charge in [-0.2, -0.15) is 0 Å². The Balaban J connectivity index is 1.83. The Kier molecular flexibility index (Phi) is 4.83.